The lowest BCUT2D eigenvalue weighted by molar-refractivity contribution is 0.107. The summed E-state index contributed by atoms with van der Waals surface area (Å²) in [5.41, 5.74) is 7.25. The van der Waals surface area contributed by atoms with Crippen LogP contribution >= 0.6 is 15.9 Å². The van der Waals surface area contributed by atoms with Gasteiger partial charge in [0.25, 0.3) is 0 Å². The molecule has 1 unspecified atom stereocenters. The van der Waals surface area contributed by atoms with Crippen LogP contribution in [0.4, 0.5) is 0 Å². The van der Waals surface area contributed by atoms with Gasteiger partial charge in [-0.15, -0.1) is 0 Å². The highest BCUT2D eigenvalue weighted by Crippen LogP contribution is 2.31. The predicted octanol–water partition coefficient (Wildman–Crippen LogP) is 2.69. The van der Waals surface area contributed by atoms with E-state index in [0.29, 0.717) is 19.1 Å². The molecule has 4 heteroatoms. The zero-order valence-corrected chi connectivity index (χ0v) is 12.8. The molecule has 1 aliphatic carbocycles. The van der Waals surface area contributed by atoms with E-state index in [0.717, 1.165) is 4.47 Å². The van der Waals surface area contributed by atoms with Crippen molar-refractivity contribution in [2.45, 2.75) is 37.8 Å². The van der Waals surface area contributed by atoms with Crippen molar-refractivity contribution < 1.29 is 5.11 Å². The first-order valence-electron chi connectivity index (χ1n) is 7.08. The number of nitrogens with zero attached hydrogens (tertiary/aromatic N) is 1. The molecule has 1 atom stereocenters. The van der Waals surface area contributed by atoms with E-state index in [1.54, 1.807) is 0 Å². The van der Waals surface area contributed by atoms with Crippen LogP contribution in [0, 0.1) is 0 Å². The van der Waals surface area contributed by atoms with E-state index < -0.39 is 0 Å². The van der Waals surface area contributed by atoms with Gasteiger partial charge >= 0.3 is 0 Å². The van der Waals surface area contributed by atoms with Gasteiger partial charge in [0.05, 0.1) is 6.61 Å². The van der Waals surface area contributed by atoms with E-state index in [1.807, 2.05) is 12.1 Å². The van der Waals surface area contributed by atoms with Gasteiger partial charge in [0.2, 0.25) is 0 Å². The first-order chi connectivity index (χ1) is 9.26. The Hall–Kier alpha value is -0.420. The lowest BCUT2D eigenvalue weighted by Crippen LogP contribution is -2.42. The SMILES string of the molecule is NCC(c1cccc(Br)c1)N(CCO)C1CCCC1. The molecule has 0 aromatic heterocycles. The summed E-state index contributed by atoms with van der Waals surface area (Å²) in [5, 5.41) is 9.35. The van der Waals surface area contributed by atoms with Gasteiger partial charge in [0.15, 0.2) is 0 Å². The molecule has 0 aliphatic heterocycles. The van der Waals surface area contributed by atoms with Gasteiger partial charge in [-0.2, -0.15) is 0 Å². The zero-order chi connectivity index (χ0) is 13.7. The third-order valence-electron chi connectivity index (χ3n) is 4.01. The Bertz CT molecular complexity index is 393. The van der Waals surface area contributed by atoms with Crippen LogP contribution in [0.3, 0.4) is 0 Å². The summed E-state index contributed by atoms with van der Waals surface area (Å²) >= 11 is 3.52. The Balaban J connectivity index is 2.20. The van der Waals surface area contributed by atoms with Crippen molar-refractivity contribution in [2.24, 2.45) is 5.73 Å². The molecule has 1 aromatic carbocycles. The van der Waals surface area contributed by atoms with E-state index in [9.17, 15) is 5.11 Å². The topological polar surface area (TPSA) is 49.5 Å². The summed E-state index contributed by atoms with van der Waals surface area (Å²) in [7, 11) is 0. The van der Waals surface area contributed by atoms with Crippen LogP contribution in [0.15, 0.2) is 28.7 Å². The summed E-state index contributed by atoms with van der Waals surface area (Å²) in [6.07, 6.45) is 5.04. The minimum absolute atomic E-state index is 0.195. The number of aliphatic hydroxyl groups is 1. The number of aliphatic hydroxyl groups excluding tert-OH is 1. The van der Waals surface area contributed by atoms with Crippen molar-refractivity contribution in [3.63, 3.8) is 0 Å². The van der Waals surface area contributed by atoms with Gasteiger partial charge in [-0.05, 0) is 30.5 Å². The molecule has 1 aromatic rings. The van der Waals surface area contributed by atoms with Crippen molar-refractivity contribution in [1.29, 1.82) is 0 Å². The first-order valence-corrected chi connectivity index (χ1v) is 7.87. The Labute approximate surface area is 123 Å². The second-order valence-electron chi connectivity index (χ2n) is 5.21. The Morgan fingerprint density at radius 1 is 1.37 bits per heavy atom. The smallest absolute Gasteiger partial charge is 0.0558 e. The predicted molar refractivity (Wildman–Crippen MR) is 82.0 cm³/mol. The van der Waals surface area contributed by atoms with Crippen LogP contribution in [0.25, 0.3) is 0 Å². The minimum atomic E-state index is 0.195. The molecule has 3 N–H and O–H groups in total. The molecular weight excluding hydrogens is 304 g/mol. The second-order valence-corrected chi connectivity index (χ2v) is 6.12. The molecule has 0 heterocycles. The van der Waals surface area contributed by atoms with Crippen molar-refractivity contribution in [3.05, 3.63) is 34.3 Å². The average molecular weight is 327 g/mol. The van der Waals surface area contributed by atoms with Crippen LogP contribution in [0.1, 0.15) is 37.3 Å². The largest absolute Gasteiger partial charge is 0.395 e. The van der Waals surface area contributed by atoms with E-state index >= 15 is 0 Å². The molecule has 106 valence electrons. The van der Waals surface area contributed by atoms with Gasteiger partial charge in [-0.25, -0.2) is 0 Å². The third-order valence-corrected chi connectivity index (χ3v) is 4.50. The fourth-order valence-corrected chi connectivity index (χ4v) is 3.54. The van der Waals surface area contributed by atoms with Crippen LogP contribution in [0.5, 0.6) is 0 Å². The number of benzene rings is 1. The molecule has 19 heavy (non-hydrogen) atoms. The average Bonchev–Trinajstić information content (AvgIpc) is 2.92. The summed E-state index contributed by atoms with van der Waals surface area (Å²) in [6, 6.07) is 9.11. The highest BCUT2D eigenvalue weighted by atomic mass is 79.9. The number of nitrogens with two attached hydrogens (primary N) is 1. The first kappa shape index (κ1) is 15.0. The normalized spacial score (nSPS) is 18.1. The molecule has 1 saturated carbocycles. The molecule has 3 nitrogen and oxygen atoms in total. The van der Waals surface area contributed by atoms with Crippen molar-refractivity contribution in [1.82, 2.24) is 4.90 Å². The Morgan fingerprint density at radius 3 is 2.68 bits per heavy atom. The van der Waals surface area contributed by atoms with Crippen LogP contribution in [-0.4, -0.2) is 35.7 Å². The molecular formula is C15H23BrN2O. The fraction of sp³-hybridized carbons (Fsp3) is 0.600. The van der Waals surface area contributed by atoms with Crippen LogP contribution in [-0.2, 0) is 0 Å². The molecule has 0 spiro atoms. The van der Waals surface area contributed by atoms with Gasteiger partial charge in [0, 0.05) is 29.6 Å². The molecule has 0 radical (unpaired) electrons. The molecule has 1 aliphatic rings. The second kappa shape index (κ2) is 7.39. The summed E-state index contributed by atoms with van der Waals surface area (Å²) in [4.78, 5) is 2.40. The number of hydrogen-bond donors (Lipinski definition) is 2. The third kappa shape index (κ3) is 3.78. The van der Waals surface area contributed by atoms with Gasteiger partial charge in [-0.3, -0.25) is 4.90 Å². The van der Waals surface area contributed by atoms with E-state index in [4.69, 9.17) is 5.73 Å². The van der Waals surface area contributed by atoms with Crippen molar-refractivity contribution in [3.8, 4) is 0 Å². The number of rotatable bonds is 6. The maximum Gasteiger partial charge on any atom is 0.0558 e. The zero-order valence-electron chi connectivity index (χ0n) is 11.3. The lowest BCUT2D eigenvalue weighted by Gasteiger charge is -2.36. The standard InChI is InChI=1S/C15H23BrN2O/c16-13-5-3-4-12(10-13)15(11-17)18(8-9-19)14-6-1-2-7-14/h3-5,10,14-15,19H,1-2,6-9,11,17H2. The highest BCUT2D eigenvalue weighted by molar-refractivity contribution is 9.10. The molecule has 2 rings (SSSR count). The summed E-state index contributed by atoms with van der Waals surface area (Å²) in [6.45, 7) is 1.49. The minimum Gasteiger partial charge on any atom is -0.395 e. The molecule has 1 fully saturated rings. The summed E-state index contributed by atoms with van der Waals surface area (Å²) < 4.78 is 1.08. The quantitative estimate of drug-likeness (QED) is 0.845. The maximum absolute atomic E-state index is 9.35. The molecule has 0 bridgehead atoms. The Morgan fingerprint density at radius 2 is 2.11 bits per heavy atom. The fourth-order valence-electron chi connectivity index (χ4n) is 3.12. The van der Waals surface area contributed by atoms with Gasteiger partial charge in [0.1, 0.15) is 0 Å². The van der Waals surface area contributed by atoms with Crippen molar-refractivity contribution >= 4 is 15.9 Å². The van der Waals surface area contributed by atoms with E-state index in [2.05, 4.69) is 33.0 Å². The van der Waals surface area contributed by atoms with Gasteiger partial charge < -0.3 is 10.8 Å². The molecule has 0 amide bonds. The number of halogens is 1. The Kier molecular flexibility index (Phi) is 5.82. The highest BCUT2D eigenvalue weighted by Gasteiger charge is 2.28. The number of hydrogen-bond acceptors (Lipinski definition) is 3. The van der Waals surface area contributed by atoms with Crippen LogP contribution < -0.4 is 5.73 Å². The summed E-state index contributed by atoms with van der Waals surface area (Å²) in [5.74, 6) is 0. The lowest BCUT2D eigenvalue weighted by atomic mass is 10.0. The maximum atomic E-state index is 9.35. The van der Waals surface area contributed by atoms with Gasteiger partial charge in [-0.1, -0.05) is 40.9 Å². The van der Waals surface area contributed by atoms with Crippen molar-refractivity contribution in [2.75, 3.05) is 19.7 Å². The monoisotopic (exact) mass is 326 g/mol. The van der Waals surface area contributed by atoms with E-state index in [-0.39, 0.29) is 12.6 Å². The molecule has 0 saturated heterocycles. The van der Waals surface area contributed by atoms with Crippen LogP contribution in [0.2, 0.25) is 0 Å². The van der Waals surface area contributed by atoms with E-state index in [1.165, 1.54) is 31.2 Å².